The third-order valence-electron chi connectivity index (χ3n) is 5.88. The van der Waals surface area contributed by atoms with E-state index < -0.39 is 0 Å². The van der Waals surface area contributed by atoms with E-state index in [0.717, 1.165) is 17.4 Å². The summed E-state index contributed by atoms with van der Waals surface area (Å²) in [5.41, 5.74) is 7.15. The van der Waals surface area contributed by atoms with E-state index in [9.17, 15) is 0 Å². The van der Waals surface area contributed by atoms with Gasteiger partial charge in [-0.05, 0) is 68.4 Å². The van der Waals surface area contributed by atoms with Crippen LogP contribution in [-0.2, 0) is 4.74 Å². The van der Waals surface area contributed by atoms with Gasteiger partial charge in [-0.2, -0.15) is 0 Å². The minimum absolute atomic E-state index is 0.0126. The summed E-state index contributed by atoms with van der Waals surface area (Å²) in [6.07, 6.45) is 1.84. The fourth-order valence-corrected chi connectivity index (χ4v) is 4.78. The first-order chi connectivity index (χ1) is 14.5. The van der Waals surface area contributed by atoms with E-state index >= 15 is 0 Å². The monoisotopic (exact) mass is 420 g/mol. The Hall–Kier alpha value is -2.70. The second kappa shape index (κ2) is 8.58. The standard InChI is InChI=1S/C24H28N4OS/c1-16-9-5-6-11-21(16)28-17(2)15-19(18(28)3)23-22(20-10-7-8-12-25-20)26-24(30)27(23)13-14-29-4/h5-12,15,22-23H,13-14H2,1-4H3,(H,26,30)/t22-,23-/m0/s1. The minimum atomic E-state index is -0.0126. The molecule has 3 heterocycles. The van der Waals surface area contributed by atoms with Crippen LogP contribution in [0.2, 0.25) is 0 Å². The quantitative estimate of drug-likeness (QED) is 0.598. The van der Waals surface area contributed by atoms with Crippen molar-refractivity contribution in [3.05, 3.63) is 82.9 Å². The van der Waals surface area contributed by atoms with Gasteiger partial charge in [0.15, 0.2) is 5.11 Å². The van der Waals surface area contributed by atoms with Gasteiger partial charge in [-0.15, -0.1) is 0 Å². The molecule has 1 aliphatic heterocycles. The zero-order valence-corrected chi connectivity index (χ0v) is 18.7. The molecule has 1 N–H and O–H groups in total. The zero-order valence-electron chi connectivity index (χ0n) is 17.9. The van der Waals surface area contributed by atoms with Crippen LogP contribution in [0.3, 0.4) is 0 Å². The highest BCUT2D eigenvalue weighted by molar-refractivity contribution is 7.80. The number of ether oxygens (including phenoxy) is 1. The van der Waals surface area contributed by atoms with Crippen LogP contribution < -0.4 is 5.32 Å². The second-order valence-corrected chi connectivity index (χ2v) is 8.15. The van der Waals surface area contributed by atoms with Gasteiger partial charge in [0.1, 0.15) is 0 Å². The summed E-state index contributed by atoms with van der Waals surface area (Å²) in [5, 5.41) is 4.26. The lowest BCUT2D eigenvalue weighted by Crippen LogP contribution is -2.32. The summed E-state index contributed by atoms with van der Waals surface area (Å²) in [5.74, 6) is 0. The highest BCUT2D eigenvalue weighted by atomic mass is 32.1. The van der Waals surface area contributed by atoms with Crippen LogP contribution in [0, 0.1) is 20.8 Å². The number of methoxy groups -OCH3 is 1. The molecule has 0 radical (unpaired) electrons. The molecular weight excluding hydrogens is 392 g/mol. The molecule has 3 aromatic rings. The molecule has 1 fully saturated rings. The largest absolute Gasteiger partial charge is 0.383 e. The number of hydrogen-bond acceptors (Lipinski definition) is 3. The van der Waals surface area contributed by atoms with Crippen LogP contribution >= 0.6 is 12.2 Å². The van der Waals surface area contributed by atoms with E-state index in [-0.39, 0.29) is 12.1 Å². The Morgan fingerprint density at radius 1 is 1.10 bits per heavy atom. The number of benzene rings is 1. The molecule has 0 bridgehead atoms. The predicted molar refractivity (Wildman–Crippen MR) is 124 cm³/mol. The van der Waals surface area contributed by atoms with Crippen molar-refractivity contribution >= 4 is 17.3 Å². The summed E-state index contributed by atoms with van der Waals surface area (Å²) >= 11 is 5.73. The van der Waals surface area contributed by atoms with Crippen LogP contribution in [0.1, 0.15) is 40.3 Å². The summed E-state index contributed by atoms with van der Waals surface area (Å²) in [6.45, 7) is 7.86. The SMILES string of the molecule is COCCN1C(=S)N[C@@H](c2ccccn2)[C@@H]1c1cc(C)n(-c2ccccc2C)c1C. The molecule has 30 heavy (non-hydrogen) atoms. The zero-order chi connectivity index (χ0) is 21.3. The van der Waals surface area contributed by atoms with Gasteiger partial charge in [-0.3, -0.25) is 4.98 Å². The number of nitrogens with zero attached hydrogens (tertiary/aromatic N) is 3. The lowest BCUT2D eigenvalue weighted by molar-refractivity contribution is 0.164. The van der Waals surface area contributed by atoms with Crippen molar-refractivity contribution in [3.8, 4) is 5.69 Å². The van der Waals surface area contributed by atoms with E-state index in [1.165, 1.54) is 28.2 Å². The molecule has 0 amide bonds. The maximum Gasteiger partial charge on any atom is 0.170 e. The molecule has 6 heteroatoms. The third kappa shape index (κ3) is 3.61. The fraction of sp³-hybridized carbons (Fsp3) is 0.333. The minimum Gasteiger partial charge on any atom is -0.383 e. The molecule has 5 nitrogen and oxygen atoms in total. The van der Waals surface area contributed by atoms with Gasteiger partial charge in [0, 0.05) is 36.9 Å². The molecule has 1 aliphatic rings. The Kier molecular flexibility index (Phi) is 5.88. The normalized spacial score (nSPS) is 18.7. The lowest BCUT2D eigenvalue weighted by atomic mass is 9.97. The van der Waals surface area contributed by atoms with Crippen LogP contribution in [0.5, 0.6) is 0 Å². The smallest absolute Gasteiger partial charge is 0.170 e. The Morgan fingerprint density at radius 2 is 1.87 bits per heavy atom. The number of thiocarbonyl (C=S) groups is 1. The molecule has 156 valence electrons. The van der Waals surface area contributed by atoms with Gasteiger partial charge in [0.05, 0.1) is 24.4 Å². The van der Waals surface area contributed by atoms with Crippen LogP contribution in [-0.4, -0.2) is 39.8 Å². The Morgan fingerprint density at radius 3 is 2.57 bits per heavy atom. The number of aromatic nitrogens is 2. The van der Waals surface area contributed by atoms with E-state index in [2.05, 4.69) is 76.9 Å². The first-order valence-electron chi connectivity index (χ1n) is 10.2. The number of hydrogen-bond donors (Lipinski definition) is 1. The second-order valence-electron chi connectivity index (χ2n) is 7.76. The highest BCUT2D eigenvalue weighted by Crippen LogP contribution is 2.41. The van der Waals surface area contributed by atoms with Gasteiger partial charge >= 0.3 is 0 Å². The van der Waals surface area contributed by atoms with Crippen LogP contribution in [0.25, 0.3) is 5.69 Å². The topological polar surface area (TPSA) is 42.3 Å². The predicted octanol–water partition coefficient (Wildman–Crippen LogP) is 4.42. The lowest BCUT2D eigenvalue weighted by Gasteiger charge is -2.28. The molecule has 2 atom stereocenters. The Bertz CT molecular complexity index is 1050. The molecule has 1 saturated heterocycles. The van der Waals surface area contributed by atoms with E-state index in [0.29, 0.717) is 6.61 Å². The van der Waals surface area contributed by atoms with Crippen molar-refractivity contribution in [1.82, 2.24) is 19.8 Å². The first kappa shape index (κ1) is 20.6. The van der Waals surface area contributed by atoms with Crippen molar-refractivity contribution in [3.63, 3.8) is 0 Å². The molecule has 0 aliphatic carbocycles. The number of nitrogens with one attached hydrogen (secondary N) is 1. The molecule has 0 unspecified atom stereocenters. The van der Waals surface area contributed by atoms with Crippen molar-refractivity contribution < 1.29 is 4.74 Å². The van der Waals surface area contributed by atoms with Crippen LogP contribution in [0.15, 0.2) is 54.7 Å². The van der Waals surface area contributed by atoms with Crippen molar-refractivity contribution in [2.75, 3.05) is 20.3 Å². The van der Waals surface area contributed by atoms with E-state index in [4.69, 9.17) is 17.0 Å². The fourth-order valence-electron chi connectivity index (χ4n) is 4.45. The van der Waals surface area contributed by atoms with E-state index in [1.54, 1.807) is 7.11 Å². The average Bonchev–Trinajstić information content (AvgIpc) is 3.23. The summed E-state index contributed by atoms with van der Waals surface area (Å²) in [7, 11) is 1.72. The molecule has 0 saturated carbocycles. The third-order valence-corrected chi connectivity index (χ3v) is 6.23. The Balaban J connectivity index is 1.83. The van der Waals surface area contributed by atoms with Crippen molar-refractivity contribution in [2.24, 2.45) is 0 Å². The number of para-hydroxylation sites is 1. The average molecular weight is 421 g/mol. The maximum absolute atomic E-state index is 5.73. The molecule has 4 rings (SSSR count). The van der Waals surface area contributed by atoms with Gasteiger partial charge in [0.25, 0.3) is 0 Å². The number of aryl methyl sites for hydroxylation is 2. The maximum atomic E-state index is 5.73. The van der Waals surface area contributed by atoms with Crippen LogP contribution in [0.4, 0.5) is 0 Å². The summed E-state index contributed by atoms with van der Waals surface area (Å²) in [4.78, 5) is 6.87. The van der Waals surface area contributed by atoms with Gasteiger partial charge in [-0.1, -0.05) is 24.3 Å². The molecular formula is C24H28N4OS. The van der Waals surface area contributed by atoms with E-state index in [1.807, 2.05) is 18.3 Å². The Labute approximate surface area is 183 Å². The van der Waals surface area contributed by atoms with Gasteiger partial charge in [-0.25, -0.2) is 0 Å². The van der Waals surface area contributed by atoms with Crippen molar-refractivity contribution in [2.45, 2.75) is 32.9 Å². The first-order valence-corrected chi connectivity index (χ1v) is 10.7. The molecule has 2 aromatic heterocycles. The summed E-state index contributed by atoms with van der Waals surface area (Å²) in [6, 6.07) is 16.9. The van der Waals surface area contributed by atoms with Crippen molar-refractivity contribution in [1.29, 1.82) is 0 Å². The highest BCUT2D eigenvalue weighted by Gasteiger charge is 2.41. The number of pyridine rings is 1. The molecule has 0 spiro atoms. The van der Waals surface area contributed by atoms with Gasteiger partial charge < -0.3 is 19.5 Å². The summed E-state index contributed by atoms with van der Waals surface area (Å²) < 4.78 is 7.71. The van der Waals surface area contributed by atoms with Gasteiger partial charge in [0.2, 0.25) is 0 Å². The number of rotatable bonds is 6. The molecule has 1 aromatic carbocycles.